The highest BCUT2D eigenvalue weighted by atomic mass is 19.1. The lowest BCUT2D eigenvalue weighted by Crippen LogP contribution is -2.57. The van der Waals surface area contributed by atoms with Gasteiger partial charge in [-0.15, -0.1) is 0 Å². The van der Waals surface area contributed by atoms with Gasteiger partial charge in [-0.25, -0.2) is 4.39 Å². The summed E-state index contributed by atoms with van der Waals surface area (Å²) in [5.74, 6) is -0.464. The lowest BCUT2D eigenvalue weighted by Gasteiger charge is -2.48. The van der Waals surface area contributed by atoms with Crippen LogP contribution in [0.15, 0.2) is 24.3 Å². The summed E-state index contributed by atoms with van der Waals surface area (Å²) in [7, 11) is 1.70. The van der Waals surface area contributed by atoms with Gasteiger partial charge < -0.3 is 20.1 Å². The van der Waals surface area contributed by atoms with E-state index in [1.54, 1.807) is 24.1 Å². The molecule has 3 rings (SSSR count). The van der Waals surface area contributed by atoms with Gasteiger partial charge in [-0.05, 0) is 43.6 Å². The Kier molecular flexibility index (Phi) is 5.41. The average molecular weight is 350 g/mol. The largest absolute Gasteiger partial charge is 0.388 e. The van der Waals surface area contributed by atoms with Crippen molar-refractivity contribution in [1.82, 2.24) is 10.2 Å². The molecule has 0 aliphatic carbocycles. The fourth-order valence-corrected chi connectivity index (χ4v) is 4.02. The molecule has 2 aliphatic rings. The van der Waals surface area contributed by atoms with Gasteiger partial charge in [0.05, 0.1) is 24.2 Å². The third-order valence-electron chi connectivity index (χ3n) is 5.34. The number of ether oxygens (including phenoxy) is 1. The summed E-state index contributed by atoms with van der Waals surface area (Å²) >= 11 is 0. The second-order valence-corrected chi connectivity index (χ2v) is 7.49. The van der Waals surface area contributed by atoms with Crippen LogP contribution in [0, 0.1) is 5.82 Å². The number of likely N-dealkylation sites (N-methyl/N-ethyl adjacent to an activating group) is 1. The molecule has 0 bridgehead atoms. The summed E-state index contributed by atoms with van der Waals surface area (Å²) in [6.45, 7) is 2.58. The van der Waals surface area contributed by atoms with Crippen molar-refractivity contribution in [2.45, 2.75) is 43.3 Å². The minimum atomic E-state index is -0.929. The molecule has 1 aromatic carbocycles. The molecule has 0 saturated carbocycles. The van der Waals surface area contributed by atoms with Crippen LogP contribution in [-0.4, -0.2) is 60.4 Å². The molecule has 6 heteroatoms. The van der Waals surface area contributed by atoms with Gasteiger partial charge in [-0.2, -0.15) is 0 Å². The Labute approximate surface area is 148 Å². The van der Waals surface area contributed by atoms with Crippen molar-refractivity contribution in [2.24, 2.45) is 0 Å². The first-order valence-corrected chi connectivity index (χ1v) is 8.95. The van der Waals surface area contributed by atoms with E-state index in [9.17, 15) is 14.3 Å². The number of halogens is 1. The molecule has 1 atom stereocenters. The van der Waals surface area contributed by atoms with E-state index in [4.69, 9.17) is 4.74 Å². The van der Waals surface area contributed by atoms with E-state index < -0.39 is 5.60 Å². The van der Waals surface area contributed by atoms with E-state index in [1.807, 2.05) is 0 Å². The number of carbonyl (C=O) groups excluding carboxylic acids is 1. The summed E-state index contributed by atoms with van der Waals surface area (Å²) in [5, 5.41) is 14.4. The van der Waals surface area contributed by atoms with E-state index >= 15 is 0 Å². The van der Waals surface area contributed by atoms with Crippen molar-refractivity contribution in [2.75, 3.05) is 33.3 Å². The molecule has 1 spiro atoms. The summed E-state index contributed by atoms with van der Waals surface area (Å²) < 4.78 is 19.3. The number of nitrogens with zero attached hydrogens (tertiary/aromatic N) is 1. The zero-order valence-electron chi connectivity index (χ0n) is 14.8. The van der Waals surface area contributed by atoms with E-state index in [1.165, 1.54) is 12.1 Å². The normalized spacial score (nSPS) is 25.7. The molecule has 1 amide bonds. The van der Waals surface area contributed by atoms with Crippen molar-refractivity contribution in [1.29, 1.82) is 0 Å². The van der Waals surface area contributed by atoms with E-state index in [0.29, 0.717) is 25.0 Å². The third-order valence-corrected chi connectivity index (χ3v) is 5.34. The van der Waals surface area contributed by atoms with Gasteiger partial charge in [0.1, 0.15) is 5.82 Å². The maximum atomic E-state index is 13.3. The van der Waals surface area contributed by atoms with Crippen LogP contribution in [-0.2, 0) is 16.0 Å². The van der Waals surface area contributed by atoms with Gasteiger partial charge in [0.15, 0.2) is 0 Å². The maximum Gasteiger partial charge on any atom is 0.226 e. The number of amides is 1. The van der Waals surface area contributed by atoms with Crippen LogP contribution in [0.4, 0.5) is 4.39 Å². The molecule has 2 N–H and O–H groups in total. The number of nitrogens with one attached hydrogen (secondary N) is 1. The SMILES string of the molecule is CN(CC1(O)CCOC2(CCNCC2)C1)C(=O)Cc1cccc(F)c1. The molecule has 0 aromatic heterocycles. The lowest BCUT2D eigenvalue weighted by molar-refractivity contribution is -0.177. The van der Waals surface area contributed by atoms with Crippen molar-refractivity contribution < 1.29 is 19.0 Å². The van der Waals surface area contributed by atoms with Gasteiger partial charge in [0.25, 0.3) is 0 Å². The highest BCUT2D eigenvalue weighted by Crippen LogP contribution is 2.38. The Morgan fingerprint density at radius 1 is 1.36 bits per heavy atom. The highest BCUT2D eigenvalue weighted by Gasteiger charge is 2.46. The Morgan fingerprint density at radius 2 is 2.12 bits per heavy atom. The molecular formula is C19H27FN2O3. The third kappa shape index (κ3) is 4.57. The van der Waals surface area contributed by atoms with E-state index in [2.05, 4.69) is 5.32 Å². The number of hydrogen-bond acceptors (Lipinski definition) is 4. The highest BCUT2D eigenvalue weighted by molar-refractivity contribution is 5.78. The molecule has 2 heterocycles. The minimum absolute atomic E-state index is 0.120. The molecule has 25 heavy (non-hydrogen) atoms. The van der Waals surface area contributed by atoms with E-state index in [0.717, 1.165) is 25.9 Å². The van der Waals surface area contributed by atoms with Gasteiger partial charge >= 0.3 is 0 Å². The first-order chi connectivity index (χ1) is 11.9. The van der Waals surface area contributed by atoms with Crippen LogP contribution < -0.4 is 5.32 Å². The number of rotatable bonds is 4. The van der Waals surface area contributed by atoms with Gasteiger partial charge in [0.2, 0.25) is 5.91 Å². The predicted molar refractivity (Wildman–Crippen MR) is 92.7 cm³/mol. The molecule has 0 radical (unpaired) electrons. The molecule has 2 fully saturated rings. The number of hydrogen-bond donors (Lipinski definition) is 2. The van der Waals surface area contributed by atoms with Gasteiger partial charge in [0, 0.05) is 26.4 Å². The first kappa shape index (κ1) is 18.3. The van der Waals surface area contributed by atoms with Crippen molar-refractivity contribution in [3.05, 3.63) is 35.6 Å². The predicted octanol–water partition coefficient (Wildman–Crippen LogP) is 1.49. The molecule has 138 valence electrons. The number of benzene rings is 1. The quantitative estimate of drug-likeness (QED) is 0.864. The topological polar surface area (TPSA) is 61.8 Å². The summed E-state index contributed by atoms with van der Waals surface area (Å²) in [6, 6.07) is 6.08. The van der Waals surface area contributed by atoms with Crippen LogP contribution in [0.5, 0.6) is 0 Å². The number of piperidine rings is 1. The van der Waals surface area contributed by atoms with Crippen molar-refractivity contribution in [3.8, 4) is 0 Å². The Morgan fingerprint density at radius 3 is 2.84 bits per heavy atom. The zero-order valence-corrected chi connectivity index (χ0v) is 14.8. The molecule has 2 aliphatic heterocycles. The Bertz CT molecular complexity index is 613. The van der Waals surface area contributed by atoms with Crippen LogP contribution in [0.2, 0.25) is 0 Å². The molecule has 1 unspecified atom stereocenters. The number of carbonyl (C=O) groups is 1. The summed E-state index contributed by atoms with van der Waals surface area (Å²) in [4.78, 5) is 14.0. The minimum Gasteiger partial charge on any atom is -0.388 e. The zero-order chi connectivity index (χ0) is 17.9. The van der Waals surface area contributed by atoms with Crippen molar-refractivity contribution in [3.63, 3.8) is 0 Å². The Hall–Kier alpha value is -1.50. The lowest BCUT2D eigenvalue weighted by atomic mass is 9.77. The van der Waals surface area contributed by atoms with Crippen LogP contribution in [0.25, 0.3) is 0 Å². The van der Waals surface area contributed by atoms with Gasteiger partial charge in [-0.1, -0.05) is 12.1 Å². The molecule has 2 saturated heterocycles. The van der Waals surface area contributed by atoms with Crippen LogP contribution >= 0.6 is 0 Å². The van der Waals surface area contributed by atoms with E-state index in [-0.39, 0.29) is 30.3 Å². The van der Waals surface area contributed by atoms with Gasteiger partial charge in [-0.3, -0.25) is 4.79 Å². The fraction of sp³-hybridized carbons (Fsp3) is 0.632. The second kappa shape index (κ2) is 7.40. The standard InChI is InChI=1S/C19H27FN2O3/c1-22(17(23)12-15-3-2-4-16(20)11-15)14-18(24)7-10-25-19(13-18)5-8-21-9-6-19/h2-4,11,21,24H,5-10,12-14H2,1H3. The smallest absolute Gasteiger partial charge is 0.226 e. The monoisotopic (exact) mass is 350 g/mol. The molecule has 1 aromatic rings. The summed E-state index contributed by atoms with van der Waals surface area (Å²) in [6.07, 6.45) is 2.99. The van der Waals surface area contributed by atoms with Crippen molar-refractivity contribution >= 4 is 5.91 Å². The van der Waals surface area contributed by atoms with Crippen LogP contribution in [0.1, 0.15) is 31.2 Å². The molecular weight excluding hydrogens is 323 g/mol. The first-order valence-electron chi connectivity index (χ1n) is 8.95. The van der Waals surface area contributed by atoms with Crippen LogP contribution in [0.3, 0.4) is 0 Å². The molecule has 5 nitrogen and oxygen atoms in total. The fourth-order valence-electron chi connectivity index (χ4n) is 4.02. The Balaban J connectivity index is 1.60. The number of aliphatic hydroxyl groups is 1. The second-order valence-electron chi connectivity index (χ2n) is 7.49. The summed E-state index contributed by atoms with van der Waals surface area (Å²) in [5.41, 5.74) is -0.558. The average Bonchev–Trinajstić information content (AvgIpc) is 2.55. The maximum absolute atomic E-state index is 13.3.